The summed E-state index contributed by atoms with van der Waals surface area (Å²) in [5.74, 6) is -0.162. The smallest absolute Gasteiger partial charge is 0.352 e. The summed E-state index contributed by atoms with van der Waals surface area (Å²) in [6.07, 6.45) is 4.44. The highest BCUT2D eigenvalue weighted by atomic mass is 35.5. The number of hydrogen-bond acceptors (Lipinski definition) is 4. The van der Waals surface area contributed by atoms with Crippen LogP contribution < -0.4 is 10.1 Å². The van der Waals surface area contributed by atoms with Gasteiger partial charge in [-0.05, 0) is 42.0 Å². The summed E-state index contributed by atoms with van der Waals surface area (Å²) in [6.45, 7) is 0.476. The first-order chi connectivity index (χ1) is 16.6. The lowest BCUT2D eigenvalue weighted by Crippen LogP contribution is -2.04. The standard InChI is InChI=1S/C27H22ClN3O3/c28-21-16-29-14-13-22(21)30-23-11-4-9-19-20(26(27(32)33)31-25(19)23)10-5-15-34-24-12-3-7-17-6-1-2-8-18(17)24/h1-4,6-9,11-14,16,31H,5,10,15H2,(H,29,30)(H,32,33). The zero-order valence-corrected chi connectivity index (χ0v) is 19.0. The molecule has 7 heteroatoms. The van der Waals surface area contributed by atoms with Crippen LogP contribution >= 0.6 is 11.6 Å². The highest BCUT2D eigenvalue weighted by Crippen LogP contribution is 2.33. The Labute approximate surface area is 201 Å². The number of ether oxygens (including phenoxy) is 1. The van der Waals surface area contributed by atoms with Gasteiger partial charge in [0, 0.05) is 23.2 Å². The topological polar surface area (TPSA) is 87.2 Å². The molecule has 0 unspecified atom stereocenters. The molecule has 34 heavy (non-hydrogen) atoms. The lowest BCUT2D eigenvalue weighted by molar-refractivity contribution is 0.0690. The van der Waals surface area contributed by atoms with Crippen LogP contribution in [0.1, 0.15) is 22.5 Å². The number of halogens is 1. The van der Waals surface area contributed by atoms with Crippen LogP contribution in [0.15, 0.2) is 79.1 Å². The van der Waals surface area contributed by atoms with E-state index in [-0.39, 0.29) is 5.69 Å². The Morgan fingerprint density at radius 2 is 1.79 bits per heavy atom. The van der Waals surface area contributed by atoms with Crippen molar-refractivity contribution in [2.45, 2.75) is 12.8 Å². The molecule has 0 radical (unpaired) electrons. The minimum atomic E-state index is -0.992. The first-order valence-corrected chi connectivity index (χ1v) is 11.3. The number of aromatic amines is 1. The molecule has 5 rings (SSSR count). The number of para-hydroxylation sites is 1. The van der Waals surface area contributed by atoms with Crippen molar-refractivity contribution < 1.29 is 14.6 Å². The number of carboxylic acid groups (broad SMARTS) is 1. The van der Waals surface area contributed by atoms with E-state index in [1.807, 2.05) is 48.5 Å². The summed E-state index contributed by atoms with van der Waals surface area (Å²) < 4.78 is 6.06. The molecule has 2 heterocycles. The fraction of sp³-hybridized carbons (Fsp3) is 0.111. The molecule has 0 saturated heterocycles. The van der Waals surface area contributed by atoms with Crippen molar-refractivity contribution in [2.24, 2.45) is 0 Å². The first-order valence-electron chi connectivity index (χ1n) is 11.0. The molecule has 0 bridgehead atoms. The maximum Gasteiger partial charge on any atom is 0.352 e. The number of benzene rings is 3. The number of aryl methyl sites for hydroxylation is 1. The van der Waals surface area contributed by atoms with Crippen LogP contribution in [0.5, 0.6) is 5.75 Å². The molecule has 0 aliphatic carbocycles. The third-order valence-corrected chi connectivity index (χ3v) is 6.08. The quantitative estimate of drug-likeness (QED) is 0.216. The largest absolute Gasteiger partial charge is 0.493 e. The molecule has 0 aliphatic rings. The zero-order chi connectivity index (χ0) is 23.5. The molecule has 0 atom stereocenters. The summed E-state index contributed by atoms with van der Waals surface area (Å²) in [6, 6.07) is 21.6. The molecule has 5 aromatic rings. The predicted octanol–water partition coefficient (Wildman–Crippen LogP) is 6.82. The second-order valence-electron chi connectivity index (χ2n) is 7.92. The minimum absolute atomic E-state index is 0.190. The van der Waals surface area contributed by atoms with Gasteiger partial charge in [0.05, 0.1) is 28.5 Å². The molecule has 0 spiro atoms. The molecule has 170 valence electrons. The van der Waals surface area contributed by atoms with Gasteiger partial charge in [-0.15, -0.1) is 0 Å². The van der Waals surface area contributed by atoms with Crippen LogP contribution in [-0.4, -0.2) is 27.7 Å². The Kier molecular flexibility index (Phi) is 6.06. The summed E-state index contributed by atoms with van der Waals surface area (Å²) in [4.78, 5) is 19.1. The molecule has 0 aliphatic heterocycles. The lowest BCUT2D eigenvalue weighted by atomic mass is 10.0. The highest BCUT2D eigenvalue weighted by Gasteiger charge is 2.19. The molecular formula is C27H22ClN3O3. The van der Waals surface area contributed by atoms with Crippen LogP contribution in [0.25, 0.3) is 21.7 Å². The van der Waals surface area contributed by atoms with Crippen molar-refractivity contribution in [3.05, 3.63) is 95.4 Å². The fourth-order valence-electron chi connectivity index (χ4n) is 4.19. The summed E-state index contributed by atoms with van der Waals surface area (Å²) >= 11 is 6.24. The number of aromatic nitrogens is 2. The van der Waals surface area contributed by atoms with Crippen LogP contribution in [0.3, 0.4) is 0 Å². The Bertz CT molecular complexity index is 1490. The van der Waals surface area contributed by atoms with Gasteiger partial charge in [-0.2, -0.15) is 0 Å². The number of rotatable bonds is 8. The third-order valence-electron chi connectivity index (χ3n) is 5.78. The van der Waals surface area contributed by atoms with Crippen molar-refractivity contribution in [3.8, 4) is 5.75 Å². The van der Waals surface area contributed by atoms with Gasteiger partial charge < -0.3 is 20.1 Å². The van der Waals surface area contributed by atoms with E-state index in [4.69, 9.17) is 16.3 Å². The molecule has 0 amide bonds. The van der Waals surface area contributed by atoms with Crippen molar-refractivity contribution in [2.75, 3.05) is 11.9 Å². The lowest BCUT2D eigenvalue weighted by Gasteiger charge is -2.10. The van der Waals surface area contributed by atoms with Gasteiger partial charge in [-0.25, -0.2) is 4.79 Å². The number of aromatic carboxylic acids is 1. The SMILES string of the molecule is O=C(O)c1[nH]c2c(Nc3ccncc3Cl)cccc2c1CCCOc1cccc2ccccc12. The average Bonchev–Trinajstić information content (AvgIpc) is 3.23. The maximum atomic E-state index is 12.0. The van der Waals surface area contributed by atoms with E-state index in [0.29, 0.717) is 30.2 Å². The highest BCUT2D eigenvalue weighted by molar-refractivity contribution is 6.33. The van der Waals surface area contributed by atoms with E-state index >= 15 is 0 Å². The van der Waals surface area contributed by atoms with Crippen LogP contribution in [0.4, 0.5) is 11.4 Å². The minimum Gasteiger partial charge on any atom is -0.493 e. The number of nitrogens with zero attached hydrogens (tertiary/aromatic N) is 1. The van der Waals surface area contributed by atoms with E-state index in [0.717, 1.165) is 38.7 Å². The second kappa shape index (κ2) is 9.45. The van der Waals surface area contributed by atoms with Gasteiger partial charge in [0.15, 0.2) is 0 Å². The van der Waals surface area contributed by atoms with E-state index in [1.165, 1.54) is 0 Å². The van der Waals surface area contributed by atoms with Crippen LogP contribution in [0.2, 0.25) is 5.02 Å². The van der Waals surface area contributed by atoms with Crippen LogP contribution in [0, 0.1) is 0 Å². The predicted molar refractivity (Wildman–Crippen MR) is 136 cm³/mol. The van der Waals surface area contributed by atoms with Gasteiger partial charge >= 0.3 is 5.97 Å². The van der Waals surface area contributed by atoms with Crippen molar-refractivity contribution in [1.29, 1.82) is 0 Å². The number of pyridine rings is 1. The number of H-pyrrole nitrogens is 1. The molecule has 3 N–H and O–H groups in total. The molecule has 2 aromatic heterocycles. The molecule has 6 nitrogen and oxygen atoms in total. The molecule has 0 saturated carbocycles. The number of anilines is 2. The van der Waals surface area contributed by atoms with Gasteiger partial charge in [0.1, 0.15) is 11.4 Å². The Hall–Kier alpha value is -4.03. The van der Waals surface area contributed by atoms with Crippen LogP contribution in [-0.2, 0) is 6.42 Å². The Morgan fingerprint density at radius 3 is 2.65 bits per heavy atom. The summed E-state index contributed by atoms with van der Waals surface area (Å²) in [5, 5.41) is 16.6. The molecule has 0 fully saturated rings. The summed E-state index contributed by atoms with van der Waals surface area (Å²) in [5.41, 5.74) is 3.11. The van der Waals surface area contributed by atoms with E-state index in [1.54, 1.807) is 18.5 Å². The third kappa shape index (κ3) is 4.28. The monoisotopic (exact) mass is 471 g/mol. The number of fused-ring (bicyclic) bond motifs is 2. The van der Waals surface area contributed by atoms with Gasteiger partial charge in [-0.1, -0.05) is 60.1 Å². The molecule has 3 aromatic carbocycles. The van der Waals surface area contributed by atoms with Gasteiger partial charge in [-0.3, -0.25) is 4.98 Å². The van der Waals surface area contributed by atoms with Gasteiger partial charge in [0.25, 0.3) is 0 Å². The zero-order valence-electron chi connectivity index (χ0n) is 18.2. The number of carbonyl (C=O) groups is 1. The molecular weight excluding hydrogens is 450 g/mol. The van der Waals surface area contributed by atoms with E-state index < -0.39 is 5.97 Å². The first kappa shape index (κ1) is 21.8. The van der Waals surface area contributed by atoms with Crippen molar-refractivity contribution in [1.82, 2.24) is 9.97 Å². The van der Waals surface area contributed by atoms with Gasteiger partial charge in [0.2, 0.25) is 0 Å². The Balaban J connectivity index is 1.37. The average molecular weight is 472 g/mol. The normalized spacial score (nSPS) is 11.1. The maximum absolute atomic E-state index is 12.0. The number of carboxylic acids is 1. The number of hydrogen-bond donors (Lipinski definition) is 3. The number of nitrogens with one attached hydrogen (secondary N) is 2. The van der Waals surface area contributed by atoms with E-state index in [2.05, 4.69) is 27.4 Å². The Morgan fingerprint density at radius 1 is 1.00 bits per heavy atom. The second-order valence-corrected chi connectivity index (χ2v) is 8.33. The van der Waals surface area contributed by atoms with E-state index in [9.17, 15) is 9.90 Å². The fourth-order valence-corrected chi connectivity index (χ4v) is 4.36. The van der Waals surface area contributed by atoms with Crippen molar-refractivity contribution in [3.63, 3.8) is 0 Å². The van der Waals surface area contributed by atoms with Crippen molar-refractivity contribution >= 4 is 50.6 Å². The summed E-state index contributed by atoms with van der Waals surface area (Å²) in [7, 11) is 0.